The summed E-state index contributed by atoms with van der Waals surface area (Å²) in [6, 6.07) is 5.68. The van der Waals surface area contributed by atoms with Crippen molar-refractivity contribution in [3.05, 3.63) is 63.9 Å². The van der Waals surface area contributed by atoms with Gasteiger partial charge in [-0.2, -0.15) is 0 Å². The molecule has 1 aromatic carbocycles. The van der Waals surface area contributed by atoms with Crippen molar-refractivity contribution >= 4 is 11.6 Å². The van der Waals surface area contributed by atoms with Crippen LogP contribution in [0.2, 0.25) is 0 Å². The summed E-state index contributed by atoms with van der Waals surface area (Å²) in [6.45, 7) is 1.15. The van der Waals surface area contributed by atoms with E-state index in [0.29, 0.717) is 0 Å². The van der Waals surface area contributed by atoms with Gasteiger partial charge >= 0.3 is 0 Å². The number of halogens is 1. The Morgan fingerprint density at radius 1 is 1.50 bits per heavy atom. The lowest BCUT2D eigenvalue weighted by Crippen LogP contribution is -2.38. The van der Waals surface area contributed by atoms with Gasteiger partial charge in [-0.15, -0.1) is 0 Å². The molecule has 2 rings (SSSR count). The van der Waals surface area contributed by atoms with E-state index in [-0.39, 0.29) is 12.3 Å². The summed E-state index contributed by atoms with van der Waals surface area (Å²) in [7, 11) is 0. The number of amides is 1. The molecule has 0 aliphatic heterocycles. The van der Waals surface area contributed by atoms with Gasteiger partial charge in [-0.3, -0.25) is 14.9 Å². The van der Waals surface area contributed by atoms with Gasteiger partial charge in [-0.1, -0.05) is 0 Å². The van der Waals surface area contributed by atoms with Crippen LogP contribution in [0, 0.1) is 15.9 Å². The molecule has 2 aromatic rings. The van der Waals surface area contributed by atoms with E-state index in [0.717, 1.165) is 18.2 Å². The Hall–Kier alpha value is -2.74. The number of carbonyl (C=O) groups excluding carboxylic acids is 1. The maximum absolute atomic E-state index is 13.2. The molecule has 0 aliphatic rings. The van der Waals surface area contributed by atoms with E-state index < -0.39 is 33.5 Å². The number of aliphatic hydroxyl groups is 1. The zero-order chi connectivity index (χ0) is 16.3. The Morgan fingerprint density at radius 3 is 2.82 bits per heavy atom. The van der Waals surface area contributed by atoms with Crippen molar-refractivity contribution in [2.24, 2.45) is 0 Å². The normalized spacial score (nSPS) is 13.4. The van der Waals surface area contributed by atoms with Gasteiger partial charge in [0.15, 0.2) is 0 Å². The Balaban J connectivity index is 2.16. The molecule has 1 atom stereocenters. The second kappa shape index (κ2) is 5.94. The highest BCUT2D eigenvalue weighted by molar-refractivity contribution is 5.98. The number of hydrogen-bond donors (Lipinski definition) is 2. The van der Waals surface area contributed by atoms with Crippen molar-refractivity contribution in [1.82, 2.24) is 5.32 Å². The van der Waals surface area contributed by atoms with Crippen LogP contribution < -0.4 is 5.32 Å². The van der Waals surface area contributed by atoms with Crippen LogP contribution in [-0.4, -0.2) is 22.5 Å². The van der Waals surface area contributed by atoms with Gasteiger partial charge in [0, 0.05) is 6.07 Å². The molecule has 1 amide bonds. The van der Waals surface area contributed by atoms with E-state index >= 15 is 0 Å². The summed E-state index contributed by atoms with van der Waals surface area (Å²) in [5.41, 5.74) is -2.43. The van der Waals surface area contributed by atoms with E-state index in [2.05, 4.69) is 5.32 Å². The zero-order valence-electron chi connectivity index (χ0n) is 11.6. The van der Waals surface area contributed by atoms with Gasteiger partial charge in [0.25, 0.3) is 11.6 Å². The molecule has 2 N–H and O–H groups in total. The fourth-order valence-corrected chi connectivity index (χ4v) is 1.87. The molecule has 0 bridgehead atoms. The Kier molecular flexibility index (Phi) is 4.22. The first-order valence-electron chi connectivity index (χ1n) is 6.30. The van der Waals surface area contributed by atoms with Gasteiger partial charge in [-0.25, -0.2) is 4.39 Å². The minimum atomic E-state index is -1.50. The SMILES string of the molecule is CC(O)(CNC(=O)c1cc(F)ccc1[N+](=O)[O-])c1ccco1. The van der Waals surface area contributed by atoms with Gasteiger partial charge in [0.2, 0.25) is 0 Å². The average Bonchev–Trinajstić information content (AvgIpc) is 2.99. The van der Waals surface area contributed by atoms with Crippen LogP contribution in [-0.2, 0) is 5.60 Å². The molecular weight excluding hydrogens is 295 g/mol. The molecule has 0 saturated heterocycles. The summed E-state index contributed by atoms with van der Waals surface area (Å²) < 4.78 is 18.2. The van der Waals surface area contributed by atoms with E-state index in [9.17, 15) is 24.4 Å². The number of benzene rings is 1. The van der Waals surface area contributed by atoms with Crippen LogP contribution >= 0.6 is 0 Å². The van der Waals surface area contributed by atoms with Crippen LogP contribution in [0.4, 0.5) is 10.1 Å². The van der Waals surface area contributed by atoms with Crippen LogP contribution in [0.5, 0.6) is 0 Å². The van der Waals surface area contributed by atoms with Gasteiger partial charge in [0.05, 0.1) is 17.7 Å². The first-order valence-corrected chi connectivity index (χ1v) is 6.30. The highest BCUT2D eigenvalue weighted by Gasteiger charge is 2.28. The molecule has 0 saturated carbocycles. The van der Waals surface area contributed by atoms with Crippen molar-refractivity contribution in [2.45, 2.75) is 12.5 Å². The Labute approximate surface area is 124 Å². The first kappa shape index (κ1) is 15.6. The van der Waals surface area contributed by atoms with Crippen molar-refractivity contribution in [3.63, 3.8) is 0 Å². The number of furan rings is 1. The average molecular weight is 308 g/mol. The second-order valence-electron chi connectivity index (χ2n) is 4.85. The lowest BCUT2D eigenvalue weighted by atomic mass is 10.0. The Morgan fingerprint density at radius 2 is 2.23 bits per heavy atom. The monoisotopic (exact) mass is 308 g/mol. The van der Waals surface area contributed by atoms with Crippen LogP contribution in [0.25, 0.3) is 0 Å². The highest BCUT2D eigenvalue weighted by atomic mass is 19.1. The predicted molar refractivity (Wildman–Crippen MR) is 73.7 cm³/mol. The summed E-state index contributed by atoms with van der Waals surface area (Å²) in [5, 5.41) is 23.4. The van der Waals surface area contributed by atoms with E-state index in [1.165, 1.54) is 19.3 Å². The number of nitrogens with one attached hydrogen (secondary N) is 1. The third-order valence-corrected chi connectivity index (χ3v) is 3.05. The van der Waals surface area contributed by atoms with Crippen molar-refractivity contribution < 1.29 is 23.6 Å². The molecule has 22 heavy (non-hydrogen) atoms. The van der Waals surface area contributed by atoms with Gasteiger partial charge in [0.1, 0.15) is 22.7 Å². The van der Waals surface area contributed by atoms with Crippen LogP contribution in [0.15, 0.2) is 41.0 Å². The lowest BCUT2D eigenvalue weighted by molar-refractivity contribution is -0.385. The lowest BCUT2D eigenvalue weighted by Gasteiger charge is -2.21. The maximum Gasteiger partial charge on any atom is 0.282 e. The number of hydrogen-bond acceptors (Lipinski definition) is 5. The topological polar surface area (TPSA) is 106 Å². The van der Waals surface area contributed by atoms with E-state index in [1.54, 1.807) is 6.07 Å². The molecule has 1 aromatic heterocycles. The van der Waals surface area contributed by atoms with Gasteiger partial charge < -0.3 is 14.8 Å². The zero-order valence-corrected chi connectivity index (χ0v) is 11.6. The molecule has 0 spiro atoms. The summed E-state index contributed by atoms with van der Waals surface area (Å²) >= 11 is 0. The molecule has 0 radical (unpaired) electrons. The molecule has 7 nitrogen and oxygen atoms in total. The number of nitrogens with zero attached hydrogens (tertiary/aromatic N) is 1. The van der Waals surface area contributed by atoms with Crippen LogP contribution in [0.1, 0.15) is 23.0 Å². The molecule has 1 heterocycles. The minimum absolute atomic E-state index is 0.224. The minimum Gasteiger partial charge on any atom is -0.466 e. The van der Waals surface area contributed by atoms with Crippen LogP contribution in [0.3, 0.4) is 0 Å². The molecule has 8 heteroatoms. The molecule has 0 aliphatic carbocycles. The predicted octanol–water partition coefficient (Wildman–Crippen LogP) is 1.96. The number of carbonyl (C=O) groups is 1. The third kappa shape index (κ3) is 3.29. The summed E-state index contributed by atoms with van der Waals surface area (Å²) in [4.78, 5) is 22.1. The maximum atomic E-state index is 13.2. The van der Waals surface area contributed by atoms with Crippen molar-refractivity contribution in [2.75, 3.05) is 6.54 Å². The summed E-state index contributed by atoms with van der Waals surface area (Å²) in [5.74, 6) is -1.41. The third-order valence-electron chi connectivity index (χ3n) is 3.05. The fourth-order valence-electron chi connectivity index (χ4n) is 1.87. The quantitative estimate of drug-likeness (QED) is 0.649. The number of nitro groups is 1. The van der Waals surface area contributed by atoms with E-state index in [4.69, 9.17) is 4.42 Å². The number of nitro benzene ring substituents is 1. The van der Waals surface area contributed by atoms with Crippen molar-refractivity contribution in [3.8, 4) is 0 Å². The Bertz CT molecular complexity index is 697. The van der Waals surface area contributed by atoms with Crippen molar-refractivity contribution in [1.29, 1.82) is 0 Å². The largest absolute Gasteiger partial charge is 0.466 e. The molecule has 0 fully saturated rings. The fraction of sp³-hybridized carbons (Fsp3) is 0.214. The van der Waals surface area contributed by atoms with Gasteiger partial charge in [-0.05, 0) is 31.2 Å². The standard InChI is InChI=1S/C14H13FN2O5/c1-14(19,12-3-2-6-22-12)8-16-13(18)10-7-9(15)4-5-11(10)17(20)21/h2-7,19H,8H2,1H3,(H,16,18). The molecule has 1 unspecified atom stereocenters. The summed E-state index contributed by atoms with van der Waals surface area (Å²) in [6.07, 6.45) is 1.36. The van der Waals surface area contributed by atoms with E-state index in [1.807, 2.05) is 0 Å². The molecular formula is C14H13FN2O5. The molecule has 116 valence electrons. The second-order valence-corrected chi connectivity index (χ2v) is 4.85. The number of rotatable bonds is 5. The first-order chi connectivity index (χ1) is 10.3. The smallest absolute Gasteiger partial charge is 0.282 e. The highest BCUT2D eigenvalue weighted by Crippen LogP contribution is 2.22.